The fourth-order valence-electron chi connectivity index (χ4n) is 5.04. The first-order chi connectivity index (χ1) is 16.5. The molecule has 3 fully saturated rings. The van der Waals surface area contributed by atoms with E-state index in [4.69, 9.17) is 42.6 Å². The molecule has 1 aromatic carbocycles. The zero-order valence-corrected chi connectivity index (χ0v) is 21.7. The van der Waals surface area contributed by atoms with Gasteiger partial charge in [-0.2, -0.15) is 0 Å². The molecule has 10 heteroatoms. The number of benzene rings is 1. The Morgan fingerprint density at radius 3 is 1.40 bits per heavy atom. The van der Waals surface area contributed by atoms with Crippen molar-refractivity contribution in [2.24, 2.45) is 0 Å². The third kappa shape index (κ3) is 4.23. The number of rotatable bonds is 7. The molecule has 3 aliphatic rings. The molecule has 2 aliphatic heterocycles. The summed E-state index contributed by atoms with van der Waals surface area (Å²) < 4.78 is 54.8. The lowest BCUT2D eigenvalue weighted by Gasteiger charge is -2.61. The second kappa shape index (κ2) is 9.60. The Balaban J connectivity index is 1.74. The minimum atomic E-state index is -1.32. The van der Waals surface area contributed by atoms with E-state index in [0.717, 1.165) is 5.56 Å². The van der Waals surface area contributed by atoms with Crippen LogP contribution in [0.15, 0.2) is 30.3 Å². The molecule has 1 N–H and O–H groups in total. The molecule has 4 rings (SSSR count). The molecule has 10 atom stereocenters. The first-order valence-electron chi connectivity index (χ1n) is 11.8. The molecule has 1 saturated carbocycles. The van der Waals surface area contributed by atoms with E-state index in [9.17, 15) is 5.11 Å². The molecule has 2 heterocycles. The van der Waals surface area contributed by atoms with Gasteiger partial charge in [0.25, 0.3) is 0 Å². The fourth-order valence-corrected chi connectivity index (χ4v) is 5.04. The van der Waals surface area contributed by atoms with Crippen LogP contribution in [-0.2, 0) is 49.2 Å². The van der Waals surface area contributed by atoms with E-state index < -0.39 is 59.8 Å². The highest BCUT2D eigenvalue weighted by Crippen LogP contribution is 2.49. The predicted molar refractivity (Wildman–Crippen MR) is 122 cm³/mol. The van der Waals surface area contributed by atoms with Crippen LogP contribution in [0, 0.1) is 0 Å². The van der Waals surface area contributed by atoms with Gasteiger partial charge in [-0.3, -0.25) is 0 Å². The molecule has 0 spiro atoms. The Morgan fingerprint density at radius 2 is 1.03 bits per heavy atom. The second-order valence-electron chi connectivity index (χ2n) is 9.68. The summed E-state index contributed by atoms with van der Waals surface area (Å²) in [5, 5.41) is 11.5. The maximum absolute atomic E-state index is 11.5. The van der Waals surface area contributed by atoms with Crippen LogP contribution < -0.4 is 0 Å². The average molecular weight is 499 g/mol. The average Bonchev–Trinajstić information content (AvgIpc) is 2.87. The van der Waals surface area contributed by atoms with Gasteiger partial charge in [-0.25, -0.2) is 0 Å². The van der Waals surface area contributed by atoms with Crippen LogP contribution in [0.4, 0.5) is 0 Å². The molecular weight excluding hydrogens is 460 g/mol. The fraction of sp³-hybridized carbons (Fsp3) is 0.760. The summed E-state index contributed by atoms with van der Waals surface area (Å²) in [5.41, 5.74) is 0.965. The van der Waals surface area contributed by atoms with Crippen molar-refractivity contribution in [3.05, 3.63) is 35.9 Å². The SMILES string of the molecule is COC1(C)O[C@@H]2C(O)[C@@H]3OC(C)(OC)C(C)(OC)O[C@H]3C(OCc3ccccc3)[C@H]2OC1(C)OC. The van der Waals surface area contributed by atoms with Crippen molar-refractivity contribution in [3.8, 4) is 0 Å². The smallest absolute Gasteiger partial charge is 0.220 e. The van der Waals surface area contributed by atoms with E-state index in [1.807, 2.05) is 30.3 Å². The Morgan fingerprint density at radius 1 is 0.657 bits per heavy atom. The topological polar surface area (TPSA) is 103 Å². The third-order valence-corrected chi connectivity index (χ3v) is 7.91. The number of hydrogen-bond acceptors (Lipinski definition) is 10. The summed E-state index contributed by atoms with van der Waals surface area (Å²) in [5.74, 6) is -5.24. The molecule has 6 unspecified atom stereocenters. The Kier molecular flexibility index (Phi) is 7.37. The van der Waals surface area contributed by atoms with Gasteiger partial charge in [-0.1, -0.05) is 30.3 Å². The predicted octanol–water partition coefficient (Wildman–Crippen LogP) is 1.96. The van der Waals surface area contributed by atoms with E-state index in [2.05, 4.69) is 0 Å². The van der Waals surface area contributed by atoms with E-state index in [0.29, 0.717) is 0 Å². The molecule has 1 aliphatic carbocycles. The van der Waals surface area contributed by atoms with Crippen molar-refractivity contribution in [1.29, 1.82) is 0 Å². The highest BCUT2D eigenvalue weighted by Gasteiger charge is 2.69. The van der Waals surface area contributed by atoms with Gasteiger partial charge in [0.2, 0.25) is 23.1 Å². The molecule has 0 amide bonds. The van der Waals surface area contributed by atoms with Crippen LogP contribution in [0.3, 0.4) is 0 Å². The maximum atomic E-state index is 11.5. The Labute approximate surface area is 206 Å². The highest BCUT2D eigenvalue weighted by molar-refractivity contribution is 5.15. The van der Waals surface area contributed by atoms with Crippen molar-refractivity contribution in [3.63, 3.8) is 0 Å². The molecule has 2 saturated heterocycles. The number of hydrogen-bond donors (Lipinski definition) is 1. The van der Waals surface area contributed by atoms with Gasteiger partial charge in [-0.05, 0) is 33.3 Å². The monoisotopic (exact) mass is 498 g/mol. The molecule has 0 aromatic heterocycles. The maximum Gasteiger partial charge on any atom is 0.220 e. The van der Waals surface area contributed by atoms with Crippen molar-refractivity contribution >= 4 is 0 Å². The Hall–Kier alpha value is -1.18. The van der Waals surface area contributed by atoms with Crippen LogP contribution in [0.25, 0.3) is 0 Å². The summed E-state index contributed by atoms with van der Waals surface area (Å²) in [7, 11) is 6.01. The van der Waals surface area contributed by atoms with Gasteiger partial charge >= 0.3 is 0 Å². The lowest BCUT2D eigenvalue weighted by molar-refractivity contribution is -0.505. The van der Waals surface area contributed by atoms with Gasteiger partial charge in [0.05, 0.1) is 6.61 Å². The molecule has 198 valence electrons. The number of methoxy groups -OCH3 is 4. The molecule has 35 heavy (non-hydrogen) atoms. The van der Waals surface area contributed by atoms with E-state index in [-0.39, 0.29) is 6.61 Å². The number of ether oxygens (including phenoxy) is 9. The molecule has 0 radical (unpaired) electrons. The summed E-state index contributed by atoms with van der Waals surface area (Å²) in [6.45, 7) is 7.12. The Bertz CT molecular complexity index is 823. The van der Waals surface area contributed by atoms with Crippen molar-refractivity contribution in [1.82, 2.24) is 0 Å². The normalized spacial score (nSPS) is 47.7. The number of aliphatic hydroxyl groups excluding tert-OH is 1. The quantitative estimate of drug-likeness (QED) is 0.600. The van der Waals surface area contributed by atoms with Crippen molar-refractivity contribution in [2.75, 3.05) is 28.4 Å². The lowest BCUT2D eigenvalue weighted by atomic mass is 9.81. The van der Waals surface area contributed by atoms with Crippen LogP contribution in [-0.4, -0.2) is 93.3 Å². The highest BCUT2D eigenvalue weighted by atomic mass is 16.8. The van der Waals surface area contributed by atoms with Crippen LogP contribution in [0.1, 0.15) is 33.3 Å². The first kappa shape index (κ1) is 26.9. The van der Waals surface area contributed by atoms with Gasteiger partial charge in [0, 0.05) is 28.4 Å². The van der Waals surface area contributed by atoms with Gasteiger partial charge < -0.3 is 47.7 Å². The summed E-state index contributed by atoms with van der Waals surface area (Å²) in [6, 6.07) is 9.74. The lowest BCUT2D eigenvalue weighted by Crippen LogP contribution is -2.79. The molecule has 10 nitrogen and oxygen atoms in total. The molecular formula is C25H38O10. The van der Waals surface area contributed by atoms with Gasteiger partial charge in [0.1, 0.15) is 36.6 Å². The summed E-state index contributed by atoms with van der Waals surface area (Å²) in [4.78, 5) is 0. The number of aliphatic hydroxyl groups is 1. The standard InChI is InChI=1S/C25H38O10/c1-22(27-5)24(3,29-7)34-20-17(32-22)16(26)18-21(19(20)31-14-15-12-10-9-11-13-15)35-25(4,30-8)23(2,28-6)33-18/h9-13,16-21,26H,14H2,1-8H3/t16?,17-,18+,19?,20+,21-,22?,23?,24?,25?. The largest absolute Gasteiger partial charge is 0.387 e. The van der Waals surface area contributed by atoms with Gasteiger partial charge in [0.15, 0.2) is 0 Å². The van der Waals surface area contributed by atoms with Crippen molar-refractivity contribution in [2.45, 2.75) is 94.1 Å². The van der Waals surface area contributed by atoms with Crippen LogP contribution in [0.2, 0.25) is 0 Å². The van der Waals surface area contributed by atoms with Crippen molar-refractivity contribution < 1.29 is 47.7 Å². The first-order valence-corrected chi connectivity index (χ1v) is 11.8. The summed E-state index contributed by atoms with van der Waals surface area (Å²) >= 11 is 0. The number of fused-ring (bicyclic) bond motifs is 2. The minimum absolute atomic E-state index is 0.275. The summed E-state index contributed by atoms with van der Waals surface area (Å²) in [6.07, 6.45) is -5.18. The van der Waals surface area contributed by atoms with Gasteiger partial charge in [-0.15, -0.1) is 0 Å². The van der Waals surface area contributed by atoms with E-state index >= 15 is 0 Å². The van der Waals surface area contributed by atoms with E-state index in [1.54, 1.807) is 27.7 Å². The zero-order valence-electron chi connectivity index (χ0n) is 21.7. The third-order valence-electron chi connectivity index (χ3n) is 7.91. The molecule has 1 aromatic rings. The van der Waals surface area contributed by atoms with E-state index in [1.165, 1.54) is 28.4 Å². The second-order valence-corrected chi connectivity index (χ2v) is 9.68. The zero-order chi connectivity index (χ0) is 25.6. The minimum Gasteiger partial charge on any atom is -0.387 e. The van der Waals surface area contributed by atoms with Crippen LogP contribution >= 0.6 is 0 Å². The molecule has 0 bridgehead atoms. The van der Waals surface area contributed by atoms with Crippen LogP contribution in [0.5, 0.6) is 0 Å².